The lowest BCUT2D eigenvalue weighted by molar-refractivity contribution is 0.546. The van der Waals surface area contributed by atoms with Gasteiger partial charge in [-0.15, -0.1) is 0 Å². The van der Waals surface area contributed by atoms with Gasteiger partial charge in [-0.2, -0.15) is 0 Å². The number of benzene rings is 2. The van der Waals surface area contributed by atoms with Gasteiger partial charge >= 0.3 is 0 Å². The van der Waals surface area contributed by atoms with Crippen LogP contribution in [0.1, 0.15) is 30.0 Å². The molecule has 2 rings (SSSR count). The summed E-state index contributed by atoms with van der Waals surface area (Å²) in [4.78, 5) is 0.374. The molecule has 0 spiro atoms. The fourth-order valence-corrected chi connectivity index (χ4v) is 4.02. The number of hydrogen-bond acceptors (Lipinski definition) is 2. The van der Waals surface area contributed by atoms with Crippen molar-refractivity contribution in [3.05, 3.63) is 65.2 Å². The molecular weight excluding hydrogens is 294 g/mol. The third-order valence-corrected chi connectivity index (χ3v) is 5.43. The van der Waals surface area contributed by atoms with Crippen LogP contribution < -0.4 is 4.72 Å². The predicted octanol–water partition coefficient (Wildman–Crippen LogP) is 3.60. The molecule has 1 N–H and O–H groups in total. The third-order valence-electron chi connectivity index (χ3n) is 3.70. The monoisotopic (exact) mass is 317 g/mol. The molecule has 118 valence electrons. The molecule has 0 aliphatic carbocycles. The molecule has 0 aliphatic heterocycles. The van der Waals surface area contributed by atoms with E-state index in [-0.39, 0.29) is 6.04 Å². The topological polar surface area (TPSA) is 46.2 Å². The number of sulfonamides is 1. The number of hydrogen-bond donors (Lipinski definition) is 1. The zero-order valence-corrected chi connectivity index (χ0v) is 14.2. The maximum absolute atomic E-state index is 12.5. The first-order valence-electron chi connectivity index (χ1n) is 7.52. The number of nitrogens with one attached hydrogen (secondary N) is 1. The molecule has 0 unspecified atom stereocenters. The van der Waals surface area contributed by atoms with Crippen LogP contribution in [0.4, 0.5) is 0 Å². The Kier molecular flexibility index (Phi) is 5.37. The second-order valence-electron chi connectivity index (χ2n) is 5.82. The molecule has 0 amide bonds. The summed E-state index contributed by atoms with van der Waals surface area (Å²) in [6.45, 7) is 5.63. The molecule has 4 heteroatoms. The molecule has 0 radical (unpaired) electrons. The Bertz CT molecular complexity index is 724. The number of rotatable bonds is 6. The Morgan fingerprint density at radius 1 is 1.05 bits per heavy atom. The summed E-state index contributed by atoms with van der Waals surface area (Å²) in [5.74, 6) is 0. The minimum Gasteiger partial charge on any atom is -0.208 e. The zero-order valence-electron chi connectivity index (χ0n) is 13.3. The van der Waals surface area contributed by atoms with Crippen LogP contribution in [0.5, 0.6) is 0 Å². The molecule has 1 atom stereocenters. The first-order chi connectivity index (χ1) is 10.4. The van der Waals surface area contributed by atoms with Crippen LogP contribution in [0.2, 0.25) is 0 Å². The van der Waals surface area contributed by atoms with Crippen molar-refractivity contribution in [2.24, 2.45) is 0 Å². The first-order valence-corrected chi connectivity index (χ1v) is 9.00. The summed E-state index contributed by atoms with van der Waals surface area (Å²) in [5, 5.41) is 0. The minimum absolute atomic E-state index is 0.106. The molecule has 0 heterocycles. The molecule has 22 heavy (non-hydrogen) atoms. The largest absolute Gasteiger partial charge is 0.241 e. The van der Waals surface area contributed by atoms with Crippen molar-refractivity contribution >= 4 is 10.0 Å². The van der Waals surface area contributed by atoms with E-state index in [4.69, 9.17) is 0 Å². The van der Waals surface area contributed by atoms with Crippen molar-refractivity contribution < 1.29 is 8.42 Å². The van der Waals surface area contributed by atoms with Gasteiger partial charge in [0, 0.05) is 6.04 Å². The summed E-state index contributed by atoms with van der Waals surface area (Å²) in [7, 11) is -3.47. The van der Waals surface area contributed by atoms with Gasteiger partial charge in [0.25, 0.3) is 0 Å². The van der Waals surface area contributed by atoms with Crippen LogP contribution in [0.3, 0.4) is 0 Å². The lowest BCUT2D eigenvalue weighted by atomic mass is 10.1. The third kappa shape index (κ3) is 4.42. The van der Waals surface area contributed by atoms with Crippen LogP contribution >= 0.6 is 0 Å². The molecule has 3 nitrogen and oxygen atoms in total. The summed E-state index contributed by atoms with van der Waals surface area (Å²) in [6.07, 6.45) is 1.63. The summed E-state index contributed by atoms with van der Waals surface area (Å²) in [5.41, 5.74) is 2.94. The van der Waals surface area contributed by atoms with E-state index in [2.05, 4.69) is 16.9 Å². The highest BCUT2D eigenvalue weighted by molar-refractivity contribution is 7.89. The summed E-state index contributed by atoms with van der Waals surface area (Å²) in [6, 6.07) is 15.5. The quantitative estimate of drug-likeness (QED) is 0.885. The van der Waals surface area contributed by atoms with Crippen LogP contribution in [0.25, 0.3) is 0 Å². The molecule has 2 aromatic rings. The van der Waals surface area contributed by atoms with E-state index >= 15 is 0 Å². The fourth-order valence-electron chi connectivity index (χ4n) is 2.41. The van der Waals surface area contributed by atoms with E-state index in [1.165, 1.54) is 5.56 Å². The standard InChI is InChI=1S/C18H23NO2S/c1-14-9-10-15(2)18(13-14)22(20,21)19-16(3)11-12-17-7-5-4-6-8-17/h4-10,13,16,19H,11-12H2,1-3H3/t16-/m0/s1. The van der Waals surface area contributed by atoms with Crippen molar-refractivity contribution in [1.29, 1.82) is 0 Å². The Hall–Kier alpha value is -1.65. The summed E-state index contributed by atoms with van der Waals surface area (Å²) >= 11 is 0. The van der Waals surface area contributed by atoms with E-state index in [1.54, 1.807) is 6.07 Å². The normalized spacial score (nSPS) is 13.0. The smallest absolute Gasteiger partial charge is 0.208 e. The Labute approximate surface area is 133 Å². The Morgan fingerprint density at radius 2 is 1.73 bits per heavy atom. The predicted molar refractivity (Wildman–Crippen MR) is 90.5 cm³/mol. The molecule has 0 saturated heterocycles. The van der Waals surface area contributed by atoms with E-state index in [0.29, 0.717) is 4.90 Å². The number of aryl methyl sites for hydroxylation is 3. The molecule has 0 bridgehead atoms. The molecule has 0 aliphatic rings. The van der Waals surface area contributed by atoms with E-state index in [1.807, 2.05) is 51.1 Å². The van der Waals surface area contributed by atoms with Gasteiger partial charge in [0.05, 0.1) is 4.90 Å². The molecule has 2 aromatic carbocycles. The second-order valence-corrected chi connectivity index (χ2v) is 7.50. The molecule has 0 saturated carbocycles. The summed E-state index contributed by atoms with van der Waals surface area (Å²) < 4.78 is 27.8. The second kappa shape index (κ2) is 7.07. The average Bonchev–Trinajstić information content (AvgIpc) is 2.48. The Balaban J connectivity index is 2.03. The minimum atomic E-state index is -3.47. The highest BCUT2D eigenvalue weighted by atomic mass is 32.2. The van der Waals surface area contributed by atoms with Crippen LogP contribution in [0.15, 0.2) is 53.4 Å². The highest BCUT2D eigenvalue weighted by Crippen LogP contribution is 2.17. The van der Waals surface area contributed by atoms with E-state index < -0.39 is 10.0 Å². The van der Waals surface area contributed by atoms with Crippen molar-refractivity contribution in [2.75, 3.05) is 0 Å². The molecule has 0 fully saturated rings. The van der Waals surface area contributed by atoms with Gasteiger partial charge in [0.1, 0.15) is 0 Å². The van der Waals surface area contributed by atoms with Gasteiger partial charge in [-0.05, 0) is 56.4 Å². The highest BCUT2D eigenvalue weighted by Gasteiger charge is 2.19. The van der Waals surface area contributed by atoms with Crippen LogP contribution in [-0.2, 0) is 16.4 Å². The SMILES string of the molecule is Cc1ccc(C)c(S(=O)(=O)N[C@@H](C)CCc2ccccc2)c1. The van der Waals surface area contributed by atoms with Gasteiger partial charge in [-0.3, -0.25) is 0 Å². The van der Waals surface area contributed by atoms with Crippen molar-refractivity contribution in [3.63, 3.8) is 0 Å². The van der Waals surface area contributed by atoms with Crippen molar-refractivity contribution in [1.82, 2.24) is 4.72 Å². The van der Waals surface area contributed by atoms with Crippen molar-refractivity contribution in [2.45, 2.75) is 44.6 Å². The lowest BCUT2D eigenvalue weighted by Crippen LogP contribution is -2.33. The maximum Gasteiger partial charge on any atom is 0.241 e. The first kappa shape index (κ1) is 16.7. The van der Waals surface area contributed by atoms with E-state index in [0.717, 1.165) is 24.0 Å². The van der Waals surface area contributed by atoms with Gasteiger partial charge in [0.2, 0.25) is 10.0 Å². The van der Waals surface area contributed by atoms with Crippen LogP contribution in [-0.4, -0.2) is 14.5 Å². The van der Waals surface area contributed by atoms with Gasteiger partial charge < -0.3 is 0 Å². The van der Waals surface area contributed by atoms with Crippen molar-refractivity contribution in [3.8, 4) is 0 Å². The van der Waals surface area contributed by atoms with Gasteiger partial charge in [-0.1, -0.05) is 42.5 Å². The van der Waals surface area contributed by atoms with Crippen LogP contribution in [0, 0.1) is 13.8 Å². The maximum atomic E-state index is 12.5. The zero-order chi connectivity index (χ0) is 16.2. The average molecular weight is 317 g/mol. The molecule has 0 aromatic heterocycles. The van der Waals surface area contributed by atoms with Gasteiger partial charge in [0.15, 0.2) is 0 Å². The lowest BCUT2D eigenvalue weighted by Gasteiger charge is -2.16. The Morgan fingerprint density at radius 3 is 2.41 bits per heavy atom. The van der Waals surface area contributed by atoms with E-state index in [9.17, 15) is 8.42 Å². The van der Waals surface area contributed by atoms with Gasteiger partial charge in [-0.25, -0.2) is 13.1 Å². The fraction of sp³-hybridized carbons (Fsp3) is 0.333. The molecular formula is C18H23NO2S.